The normalized spacial score (nSPS) is 21.3. The molecule has 0 aromatic heterocycles. The summed E-state index contributed by atoms with van der Waals surface area (Å²) in [6.45, 7) is 5.01. The highest BCUT2D eigenvalue weighted by molar-refractivity contribution is 8.13. The molecule has 0 aromatic carbocycles. The summed E-state index contributed by atoms with van der Waals surface area (Å²) in [5.41, 5.74) is 0. The van der Waals surface area contributed by atoms with Gasteiger partial charge in [-0.3, -0.25) is 0 Å². The van der Waals surface area contributed by atoms with Crippen molar-refractivity contribution in [3.05, 3.63) is 0 Å². The molecular formula is C8H17ClN2O2S. The fraction of sp³-hybridized carbons (Fsp3) is 1.00. The summed E-state index contributed by atoms with van der Waals surface area (Å²) in [6.07, 6.45) is 0.634. The van der Waals surface area contributed by atoms with E-state index in [1.165, 1.54) is 0 Å². The Labute approximate surface area is 90.2 Å². The average Bonchev–Trinajstić information content (AvgIpc) is 2.06. The van der Waals surface area contributed by atoms with Gasteiger partial charge < -0.3 is 9.80 Å². The number of piperazine rings is 1. The van der Waals surface area contributed by atoms with Crippen LogP contribution in [0.2, 0.25) is 0 Å². The summed E-state index contributed by atoms with van der Waals surface area (Å²) in [4.78, 5) is 4.55. The van der Waals surface area contributed by atoms with E-state index in [9.17, 15) is 8.42 Å². The summed E-state index contributed by atoms with van der Waals surface area (Å²) >= 11 is 0. The Balaban J connectivity index is 2.14. The molecule has 0 radical (unpaired) electrons. The van der Waals surface area contributed by atoms with E-state index in [0.717, 1.165) is 32.7 Å². The average molecular weight is 241 g/mol. The molecule has 4 nitrogen and oxygen atoms in total. The molecule has 6 heteroatoms. The number of hydrogen-bond acceptors (Lipinski definition) is 4. The highest BCUT2D eigenvalue weighted by atomic mass is 35.7. The van der Waals surface area contributed by atoms with Gasteiger partial charge in [0.25, 0.3) is 0 Å². The molecule has 14 heavy (non-hydrogen) atoms. The van der Waals surface area contributed by atoms with Gasteiger partial charge in [0.15, 0.2) is 0 Å². The highest BCUT2D eigenvalue weighted by Crippen LogP contribution is 2.03. The quantitative estimate of drug-likeness (QED) is 0.658. The molecule has 0 N–H and O–H groups in total. The van der Waals surface area contributed by atoms with Crippen LogP contribution in [0, 0.1) is 0 Å². The Morgan fingerprint density at radius 3 is 2.29 bits per heavy atom. The predicted octanol–water partition coefficient (Wildman–Crippen LogP) is 0.192. The third-order valence-corrected chi connectivity index (χ3v) is 3.70. The Bertz CT molecular complexity index is 261. The van der Waals surface area contributed by atoms with E-state index >= 15 is 0 Å². The molecule has 84 valence electrons. The van der Waals surface area contributed by atoms with Crippen molar-refractivity contribution >= 4 is 19.7 Å². The lowest BCUT2D eigenvalue weighted by Crippen LogP contribution is -2.44. The molecule has 0 unspecified atom stereocenters. The van der Waals surface area contributed by atoms with E-state index in [0.29, 0.717) is 6.42 Å². The summed E-state index contributed by atoms with van der Waals surface area (Å²) in [7, 11) is 3.92. The summed E-state index contributed by atoms with van der Waals surface area (Å²) in [6, 6.07) is 0. The molecule has 0 atom stereocenters. The van der Waals surface area contributed by atoms with Gasteiger partial charge in [0.05, 0.1) is 5.75 Å². The standard InChI is InChI=1S/C8H17ClN2O2S/c1-10-4-6-11(7-5-10)3-2-8-14(9,12)13/h2-8H2,1H3. The molecule has 0 saturated carbocycles. The fourth-order valence-electron chi connectivity index (χ4n) is 1.53. The van der Waals surface area contributed by atoms with Gasteiger partial charge in [-0.05, 0) is 20.0 Å². The van der Waals surface area contributed by atoms with E-state index in [1.54, 1.807) is 0 Å². The molecule has 1 aliphatic heterocycles. The third-order valence-electron chi connectivity index (χ3n) is 2.46. The highest BCUT2D eigenvalue weighted by Gasteiger charge is 2.14. The number of hydrogen-bond donors (Lipinski definition) is 0. The van der Waals surface area contributed by atoms with Gasteiger partial charge in [-0.1, -0.05) is 0 Å². The number of likely N-dealkylation sites (N-methyl/N-ethyl adjacent to an activating group) is 1. The van der Waals surface area contributed by atoms with Crippen LogP contribution in [0.25, 0.3) is 0 Å². The summed E-state index contributed by atoms with van der Waals surface area (Å²) in [5, 5.41) is 0. The van der Waals surface area contributed by atoms with Gasteiger partial charge >= 0.3 is 0 Å². The van der Waals surface area contributed by atoms with E-state index in [2.05, 4.69) is 16.8 Å². The molecule has 1 heterocycles. The van der Waals surface area contributed by atoms with Crippen LogP contribution in [0.4, 0.5) is 0 Å². The lowest BCUT2D eigenvalue weighted by molar-refractivity contribution is 0.154. The Hall–Kier alpha value is 0.160. The van der Waals surface area contributed by atoms with E-state index in [4.69, 9.17) is 10.7 Å². The first-order chi connectivity index (χ1) is 6.47. The first-order valence-corrected chi connectivity index (χ1v) is 7.28. The molecule has 1 saturated heterocycles. The number of halogens is 1. The van der Waals surface area contributed by atoms with Crippen molar-refractivity contribution in [3.63, 3.8) is 0 Å². The zero-order valence-electron chi connectivity index (χ0n) is 8.45. The van der Waals surface area contributed by atoms with Crippen molar-refractivity contribution in [1.82, 2.24) is 9.80 Å². The lowest BCUT2D eigenvalue weighted by atomic mass is 10.3. The first-order valence-electron chi connectivity index (χ1n) is 4.80. The third kappa shape index (κ3) is 5.14. The van der Waals surface area contributed by atoms with Crippen LogP contribution in [0.3, 0.4) is 0 Å². The Morgan fingerprint density at radius 2 is 1.79 bits per heavy atom. The van der Waals surface area contributed by atoms with Crippen molar-refractivity contribution in [2.24, 2.45) is 0 Å². The van der Waals surface area contributed by atoms with Crippen molar-refractivity contribution in [3.8, 4) is 0 Å². The van der Waals surface area contributed by atoms with Gasteiger partial charge in [-0.2, -0.15) is 0 Å². The maximum absolute atomic E-state index is 10.7. The van der Waals surface area contributed by atoms with Crippen molar-refractivity contribution < 1.29 is 8.42 Å². The number of nitrogens with zero attached hydrogens (tertiary/aromatic N) is 2. The van der Waals surface area contributed by atoms with Crippen LogP contribution < -0.4 is 0 Å². The SMILES string of the molecule is CN1CCN(CCCS(=O)(=O)Cl)CC1. The topological polar surface area (TPSA) is 40.6 Å². The second kappa shape index (κ2) is 5.30. The van der Waals surface area contributed by atoms with E-state index in [-0.39, 0.29) is 5.75 Å². The van der Waals surface area contributed by atoms with Crippen LogP contribution in [0.1, 0.15) is 6.42 Å². The smallest absolute Gasteiger partial charge is 0.232 e. The van der Waals surface area contributed by atoms with Crippen molar-refractivity contribution in [1.29, 1.82) is 0 Å². The van der Waals surface area contributed by atoms with Crippen LogP contribution in [0.5, 0.6) is 0 Å². The molecule has 1 aliphatic rings. The largest absolute Gasteiger partial charge is 0.304 e. The predicted molar refractivity (Wildman–Crippen MR) is 58.2 cm³/mol. The maximum atomic E-state index is 10.7. The monoisotopic (exact) mass is 240 g/mol. The molecule has 0 spiro atoms. The van der Waals surface area contributed by atoms with E-state index < -0.39 is 9.05 Å². The van der Waals surface area contributed by atoms with Crippen LogP contribution in [-0.2, 0) is 9.05 Å². The van der Waals surface area contributed by atoms with E-state index in [1.807, 2.05) is 0 Å². The lowest BCUT2D eigenvalue weighted by Gasteiger charge is -2.32. The Kier molecular flexibility index (Phi) is 4.63. The Morgan fingerprint density at radius 1 is 1.21 bits per heavy atom. The maximum Gasteiger partial charge on any atom is 0.232 e. The van der Waals surface area contributed by atoms with Crippen LogP contribution in [0.15, 0.2) is 0 Å². The minimum absolute atomic E-state index is 0.0842. The molecule has 0 bridgehead atoms. The van der Waals surface area contributed by atoms with Gasteiger partial charge in [0.1, 0.15) is 0 Å². The van der Waals surface area contributed by atoms with Crippen LogP contribution in [-0.4, -0.2) is 63.7 Å². The van der Waals surface area contributed by atoms with Gasteiger partial charge in [-0.15, -0.1) is 0 Å². The van der Waals surface area contributed by atoms with Gasteiger partial charge in [0, 0.05) is 36.9 Å². The number of rotatable bonds is 4. The molecule has 0 amide bonds. The van der Waals surface area contributed by atoms with Gasteiger partial charge in [0.2, 0.25) is 9.05 Å². The van der Waals surface area contributed by atoms with Crippen LogP contribution >= 0.6 is 10.7 Å². The zero-order chi connectivity index (χ0) is 10.6. The fourth-order valence-corrected chi connectivity index (χ4v) is 2.33. The molecule has 0 aliphatic carbocycles. The minimum Gasteiger partial charge on any atom is -0.304 e. The summed E-state index contributed by atoms with van der Waals surface area (Å²) in [5.74, 6) is 0.0842. The molecule has 0 aromatic rings. The second-order valence-electron chi connectivity index (χ2n) is 3.74. The first kappa shape index (κ1) is 12.2. The van der Waals surface area contributed by atoms with Crippen molar-refractivity contribution in [2.45, 2.75) is 6.42 Å². The summed E-state index contributed by atoms with van der Waals surface area (Å²) < 4.78 is 21.3. The molecular weight excluding hydrogens is 224 g/mol. The molecule has 1 fully saturated rings. The van der Waals surface area contributed by atoms with Gasteiger partial charge in [-0.25, -0.2) is 8.42 Å². The minimum atomic E-state index is -3.30. The van der Waals surface area contributed by atoms with Crippen molar-refractivity contribution in [2.75, 3.05) is 45.5 Å². The second-order valence-corrected chi connectivity index (χ2v) is 6.64. The molecule has 1 rings (SSSR count). The zero-order valence-corrected chi connectivity index (χ0v) is 10.0.